The van der Waals surface area contributed by atoms with Crippen LogP contribution in [-0.4, -0.2) is 50.5 Å². The number of methoxy groups -OCH3 is 1. The molecule has 7 nitrogen and oxygen atoms in total. The summed E-state index contributed by atoms with van der Waals surface area (Å²) in [5.41, 5.74) is 2.78. The predicted molar refractivity (Wildman–Crippen MR) is 129 cm³/mol. The Morgan fingerprint density at radius 3 is 2.53 bits per heavy atom. The van der Waals surface area contributed by atoms with E-state index in [9.17, 15) is 17.6 Å². The first-order valence-electron chi connectivity index (χ1n) is 11.1. The van der Waals surface area contributed by atoms with Gasteiger partial charge in [0.2, 0.25) is 15.9 Å². The number of aromatic nitrogens is 1. The zero-order chi connectivity index (χ0) is 24.5. The van der Waals surface area contributed by atoms with Crippen molar-refractivity contribution in [2.24, 2.45) is 5.92 Å². The fourth-order valence-electron chi connectivity index (χ4n) is 4.14. The average molecular weight is 486 g/mol. The van der Waals surface area contributed by atoms with E-state index in [0.717, 1.165) is 22.0 Å². The lowest BCUT2D eigenvalue weighted by Crippen LogP contribution is -2.52. The minimum atomic E-state index is -3.89. The van der Waals surface area contributed by atoms with Gasteiger partial charge in [0.25, 0.3) is 0 Å². The van der Waals surface area contributed by atoms with Gasteiger partial charge in [0.05, 0.1) is 12.0 Å². The van der Waals surface area contributed by atoms with Gasteiger partial charge in [-0.25, -0.2) is 12.8 Å². The Balaban J connectivity index is 1.49. The number of hydrogen-bond donors (Lipinski definition) is 2. The number of fused-ring (bicyclic) bond motifs is 1. The summed E-state index contributed by atoms with van der Waals surface area (Å²) in [6.07, 6.45) is 4.45. The molecule has 0 saturated heterocycles. The predicted octanol–water partition coefficient (Wildman–Crippen LogP) is 3.93. The van der Waals surface area contributed by atoms with Crippen LogP contribution in [0.1, 0.15) is 25.8 Å². The van der Waals surface area contributed by atoms with Crippen LogP contribution < -0.4 is 9.46 Å². The van der Waals surface area contributed by atoms with E-state index in [1.54, 1.807) is 23.1 Å². The molecule has 1 aliphatic heterocycles. The number of ether oxygens (including phenoxy) is 1. The number of carbonyl (C=O) groups excluding carboxylic acids is 1. The summed E-state index contributed by atoms with van der Waals surface area (Å²) in [4.78, 5) is 18.1. The zero-order valence-electron chi connectivity index (χ0n) is 19.3. The maximum atomic E-state index is 13.5. The Morgan fingerprint density at radius 1 is 1.18 bits per heavy atom. The molecule has 4 rings (SSSR count). The normalized spacial score (nSPS) is 15.4. The fraction of sp³-hybridized carbons (Fsp3) is 0.320. The van der Waals surface area contributed by atoms with Crippen LogP contribution in [0.4, 0.5) is 4.39 Å². The molecule has 2 N–H and O–H groups in total. The molecule has 2 aromatic carbocycles. The van der Waals surface area contributed by atoms with E-state index in [-0.39, 0.29) is 22.5 Å². The number of carbonyl (C=O) groups is 1. The molecule has 0 aliphatic carbocycles. The van der Waals surface area contributed by atoms with Crippen molar-refractivity contribution in [1.29, 1.82) is 0 Å². The van der Waals surface area contributed by atoms with Crippen LogP contribution in [0.3, 0.4) is 0 Å². The molecule has 0 radical (unpaired) electrons. The van der Waals surface area contributed by atoms with Crippen LogP contribution in [-0.2, 0) is 14.8 Å². The van der Waals surface area contributed by atoms with Crippen LogP contribution in [0.5, 0.6) is 5.75 Å². The summed E-state index contributed by atoms with van der Waals surface area (Å²) in [7, 11) is -2.38. The van der Waals surface area contributed by atoms with Gasteiger partial charge in [-0.1, -0.05) is 19.9 Å². The van der Waals surface area contributed by atoms with Gasteiger partial charge in [-0.3, -0.25) is 4.79 Å². The maximum absolute atomic E-state index is 13.5. The van der Waals surface area contributed by atoms with Crippen molar-refractivity contribution in [3.8, 4) is 5.75 Å². The molecular weight excluding hydrogens is 457 g/mol. The van der Waals surface area contributed by atoms with Crippen molar-refractivity contribution < 1.29 is 22.3 Å². The number of nitrogens with zero attached hydrogens (tertiary/aromatic N) is 1. The molecule has 1 atom stereocenters. The lowest BCUT2D eigenvalue weighted by molar-refractivity contribution is -0.133. The highest BCUT2D eigenvalue weighted by Crippen LogP contribution is 2.30. The van der Waals surface area contributed by atoms with Crippen LogP contribution in [0.15, 0.2) is 59.6 Å². The number of benzene rings is 2. The second-order valence-corrected chi connectivity index (χ2v) is 10.4. The van der Waals surface area contributed by atoms with Crippen LogP contribution in [0, 0.1) is 11.7 Å². The highest BCUT2D eigenvalue weighted by atomic mass is 32.2. The molecule has 0 bridgehead atoms. The first-order valence-corrected chi connectivity index (χ1v) is 12.6. The second-order valence-electron chi connectivity index (χ2n) is 8.67. The monoisotopic (exact) mass is 485 g/mol. The van der Waals surface area contributed by atoms with Crippen molar-refractivity contribution in [3.63, 3.8) is 0 Å². The fourth-order valence-corrected chi connectivity index (χ4v) is 5.47. The summed E-state index contributed by atoms with van der Waals surface area (Å²) >= 11 is 0. The summed E-state index contributed by atoms with van der Waals surface area (Å²) in [6.45, 7) is 4.46. The number of aromatic amines is 1. The lowest BCUT2D eigenvalue weighted by atomic mass is 9.97. The van der Waals surface area contributed by atoms with Crippen molar-refractivity contribution in [3.05, 3.63) is 66.1 Å². The number of nitrogens with one attached hydrogen (secondary N) is 2. The number of sulfonamides is 1. The number of rotatable bonds is 7. The minimum Gasteiger partial charge on any atom is -0.497 e. The summed E-state index contributed by atoms with van der Waals surface area (Å²) in [5, 5.41) is 0.930. The molecule has 2 heterocycles. The third-order valence-electron chi connectivity index (χ3n) is 6.10. The maximum Gasteiger partial charge on any atom is 0.241 e. The Morgan fingerprint density at radius 2 is 1.91 bits per heavy atom. The Labute approximate surface area is 198 Å². The molecule has 34 heavy (non-hydrogen) atoms. The largest absolute Gasteiger partial charge is 0.497 e. The first-order chi connectivity index (χ1) is 16.2. The average Bonchev–Trinajstić information content (AvgIpc) is 3.25. The Hall–Kier alpha value is -3.17. The van der Waals surface area contributed by atoms with E-state index in [1.165, 1.54) is 31.4 Å². The van der Waals surface area contributed by atoms with E-state index in [2.05, 4.69) is 9.71 Å². The van der Waals surface area contributed by atoms with Crippen molar-refractivity contribution in [1.82, 2.24) is 14.6 Å². The quantitative estimate of drug-likeness (QED) is 0.530. The standard InChI is InChI=1S/C25H28FN3O4S/c1-16(2)24(28-34(31,32)20-7-5-19(33-3)6-8-20)25(30)29-12-10-17(11-13-29)22-15-27-23-14-18(26)4-9-21(22)23/h4-10,14-16,24,27-28H,11-13H2,1-3H3/t24-/m0/s1. The molecular formula is C25H28FN3O4S. The topological polar surface area (TPSA) is 91.5 Å². The molecule has 0 spiro atoms. The molecule has 0 fully saturated rings. The molecule has 1 aliphatic rings. The van der Waals surface area contributed by atoms with Gasteiger partial charge in [-0.15, -0.1) is 0 Å². The molecule has 1 aromatic heterocycles. The van der Waals surface area contributed by atoms with Crippen LogP contribution in [0.2, 0.25) is 0 Å². The smallest absolute Gasteiger partial charge is 0.241 e. The second kappa shape index (κ2) is 9.60. The number of H-pyrrole nitrogens is 1. The molecule has 1 amide bonds. The SMILES string of the molecule is COc1ccc(S(=O)(=O)N[C@H](C(=O)N2CC=C(c3c[nH]c4cc(F)ccc34)CC2)C(C)C)cc1. The number of halogens is 1. The number of amides is 1. The van der Waals surface area contributed by atoms with E-state index in [4.69, 9.17) is 4.74 Å². The van der Waals surface area contributed by atoms with Gasteiger partial charge in [-0.2, -0.15) is 4.72 Å². The van der Waals surface area contributed by atoms with Gasteiger partial charge in [0.15, 0.2) is 0 Å². The molecule has 3 aromatic rings. The molecule has 180 valence electrons. The molecule has 0 saturated carbocycles. The molecule has 0 unspecified atom stereocenters. The van der Waals surface area contributed by atoms with Gasteiger partial charge < -0.3 is 14.6 Å². The highest BCUT2D eigenvalue weighted by molar-refractivity contribution is 7.89. The van der Waals surface area contributed by atoms with E-state index in [0.29, 0.717) is 25.3 Å². The molecule has 9 heteroatoms. The van der Waals surface area contributed by atoms with Crippen molar-refractivity contribution >= 4 is 32.4 Å². The van der Waals surface area contributed by atoms with E-state index < -0.39 is 16.1 Å². The highest BCUT2D eigenvalue weighted by Gasteiger charge is 2.32. The Bertz CT molecular complexity index is 1330. The van der Waals surface area contributed by atoms with Gasteiger partial charge in [-0.05, 0) is 60.4 Å². The van der Waals surface area contributed by atoms with Gasteiger partial charge in [0.1, 0.15) is 17.6 Å². The van der Waals surface area contributed by atoms with Crippen LogP contribution in [0.25, 0.3) is 16.5 Å². The van der Waals surface area contributed by atoms with Gasteiger partial charge >= 0.3 is 0 Å². The van der Waals surface area contributed by atoms with Crippen LogP contribution >= 0.6 is 0 Å². The summed E-state index contributed by atoms with van der Waals surface area (Å²) < 4.78 is 47.0. The van der Waals surface area contributed by atoms with Crippen molar-refractivity contribution in [2.45, 2.75) is 31.2 Å². The first kappa shape index (κ1) is 24.0. The third kappa shape index (κ3) is 4.85. The summed E-state index contributed by atoms with van der Waals surface area (Å²) in [5.74, 6) is -0.253. The zero-order valence-corrected chi connectivity index (χ0v) is 20.2. The lowest BCUT2D eigenvalue weighted by Gasteiger charge is -2.31. The van der Waals surface area contributed by atoms with Gasteiger partial charge in [0, 0.05) is 35.8 Å². The Kier molecular flexibility index (Phi) is 6.77. The van der Waals surface area contributed by atoms with Crippen molar-refractivity contribution in [2.75, 3.05) is 20.2 Å². The third-order valence-corrected chi connectivity index (χ3v) is 7.55. The minimum absolute atomic E-state index is 0.0725. The van der Waals surface area contributed by atoms with E-state index >= 15 is 0 Å². The van der Waals surface area contributed by atoms with E-state index in [1.807, 2.05) is 26.1 Å². The summed E-state index contributed by atoms with van der Waals surface area (Å²) in [6, 6.07) is 9.78. The number of hydrogen-bond acceptors (Lipinski definition) is 4.